The maximum Gasteiger partial charge on any atom is 0.351 e. The molecule has 3 saturated heterocycles. The van der Waals surface area contributed by atoms with Crippen LogP contribution in [0.25, 0.3) is 33.4 Å². The lowest BCUT2D eigenvalue weighted by molar-refractivity contribution is -0.142. The summed E-state index contributed by atoms with van der Waals surface area (Å²) in [6.45, 7) is 7.99. The summed E-state index contributed by atoms with van der Waals surface area (Å²) in [5.41, 5.74) is 21.7. The van der Waals surface area contributed by atoms with E-state index in [9.17, 15) is 92.0 Å². The molecule has 0 saturated carbocycles. The maximum atomic E-state index is 14.8. The number of hydrogen-bond donors (Lipinski definition) is 27. The molecule has 0 bridgehead atoms. The van der Waals surface area contributed by atoms with Crippen molar-refractivity contribution in [1.82, 2.24) is 94.3 Å². The van der Waals surface area contributed by atoms with Gasteiger partial charge in [-0.05, 0) is 163 Å². The Balaban J connectivity index is 0.962. The van der Waals surface area contributed by atoms with E-state index in [1.165, 1.54) is 66.4 Å². The Morgan fingerprint density at radius 1 is 0.576 bits per heavy atom. The van der Waals surface area contributed by atoms with Gasteiger partial charge in [-0.3, -0.25) is 83.5 Å². The number of guanidine groups is 3. The fraction of sp³-hybridized carbons (Fsp3) is 0.536. The highest BCUT2D eigenvalue weighted by Crippen LogP contribution is 2.43. The van der Waals surface area contributed by atoms with E-state index in [2.05, 4.69) is 100 Å². The van der Waals surface area contributed by atoms with Crippen LogP contribution in [0.4, 0.5) is 22.4 Å². The molecule has 3 unspecified atom stereocenters. The number of primary amides is 1. The number of thioether (sulfide) groups is 1. The average molecular weight is 1860 g/mol. The molecule has 47 nitrogen and oxygen atoms in total. The highest BCUT2D eigenvalue weighted by Gasteiger charge is 2.44. The summed E-state index contributed by atoms with van der Waals surface area (Å²) in [5, 5.41) is 96.8. The quantitative estimate of drug-likeness (QED) is 0.00710. The second-order valence-electron chi connectivity index (χ2n) is 33.3. The van der Waals surface area contributed by atoms with Crippen molar-refractivity contribution in [2.24, 2.45) is 34.8 Å². The summed E-state index contributed by atoms with van der Waals surface area (Å²) < 4.78 is 5.95. The predicted octanol–water partition coefficient (Wildman–Crippen LogP) is -1.26. The second-order valence-corrected chi connectivity index (χ2v) is 34.6. The summed E-state index contributed by atoms with van der Waals surface area (Å²) in [5.74, 6) is -13.2. The topological polar surface area (TPSA) is 760 Å². The smallest absolute Gasteiger partial charge is 0.351 e. The number of aromatic nitrogens is 3. The van der Waals surface area contributed by atoms with Crippen LogP contribution in [0.15, 0.2) is 68.6 Å². The van der Waals surface area contributed by atoms with Crippen LogP contribution in [0.1, 0.15) is 167 Å². The van der Waals surface area contributed by atoms with E-state index < -0.39 is 156 Å². The van der Waals surface area contributed by atoms with E-state index in [1.54, 1.807) is 39.5 Å². The molecule has 8 rings (SSSR count). The van der Waals surface area contributed by atoms with Crippen molar-refractivity contribution < 1.29 is 86.9 Å². The fourth-order valence-corrected chi connectivity index (χ4v) is 17.0. The molecule has 718 valence electrons. The van der Waals surface area contributed by atoms with Gasteiger partial charge in [0.15, 0.2) is 23.3 Å². The highest BCUT2D eigenvalue weighted by molar-refractivity contribution is 8.00. The molecule has 12 atom stereocenters. The number of benzene rings is 3. The zero-order valence-corrected chi connectivity index (χ0v) is 74.8. The van der Waals surface area contributed by atoms with Crippen molar-refractivity contribution in [3.05, 3.63) is 80.9 Å². The van der Waals surface area contributed by atoms with Gasteiger partial charge in [0.1, 0.15) is 71.5 Å². The van der Waals surface area contributed by atoms with Crippen molar-refractivity contribution in [1.29, 1.82) is 16.2 Å². The molecule has 3 fully saturated rings. The number of urea groups is 1. The van der Waals surface area contributed by atoms with Gasteiger partial charge in [0.05, 0.1) is 24.2 Å². The van der Waals surface area contributed by atoms with Crippen LogP contribution in [0, 0.1) is 28.1 Å². The first-order valence-corrected chi connectivity index (χ1v) is 44.7. The van der Waals surface area contributed by atoms with Gasteiger partial charge in [-0.15, -0.1) is 0 Å². The molecule has 0 spiro atoms. The fourth-order valence-electron chi connectivity index (χ4n) is 15.5. The minimum absolute atomic E-state index is 0.00142. The van der Waals surface area contributed by atoms with Gasteiger partial charge < -0.3 is 133 Å². The summed E-state index contributed by atoms with van der Waals surface area (Å²) in [4.78, 5) is 230. The third-order valence-electron chi connectivity index (χ3n) is 21.9. The zero-order chi connectivity index (χ0) is 96.6. The van der Waals surface area contributed by atoms with Gasteiger partial charge in [-0.1, -0.05) is 40.2 Å². The number of aromatic carboxylic acids is 1. The number of nitrogens with one attached hydrogen (secondary N) is 20. The van der Waals surface area contributed by atoms with Crippen molar-refractivity contribution in [3.63, 3.8) is 0 Å². The molecule has 5 aliphatic rings. The predicted molar refractivity (Wildman–Crippen MR) is 487 cm³/mol. The molecule has 31 N–H and O–H groups in total. The molecule has 3 aromatic rings. The van der Waals surface area contributed by atoms with Crippen LogP contribution in [-0.4, -0.2) is 253 Å². The number of amides is 13. The minimum Gasteiger partial charge on any atom is -0.508 e. The number of likely N-dealkylation sites (tertiary alicyclic amines) is 1. The van der Waals surface area contributed by atoms with E-state index in [0.29, 0.717) is 42.2 Å². The number of carboxylic acids is 2. The molecule has 0 radical (unpaired) electrons. The lowest BCUT2D eigenvalue weighted by Crippen LogP contribution is -2.59. The lowest BCUT2D eigenvalue weighted by Gasteiger charge is -2.30. The minimum atomic E-state index is -1.65. The van der Waals surface area contributed by atoms with Crippen LogP contribution < -0.4 is 119 Å². The van der Waals surface area contributed by atoms with Gasteiger partial charge in [0.2, 0.25) is 76.9 Å². The Morgan fingerprint density at radius 3 is 1.79 bits per heavy atom. The van der Waals surface area contributed by atoms with Crippen LogP contribution in [0.5, 0.6) is 5.75 Å². The van der Waals surface area contributed by atoms with Gasteiger partial charge in [0.25, 0.3) is 0 Å². The van der Waals surface area contributed by atoms with Crippen molar-refractivity contribution >= 4 is 141 Å². The number of carbonyl (C=O) groups is 14. The number of phenolic OH excluding ortho intramolecular Hbond substituents is 1. The summed E-state index contributed by atoms with van der Waals surface area (Å²) in [6, 6.07) is -0.0589. The number of nitrogens with two attached hydrogens (primary N) is 4. The second kappa shape index (κ2) is 50.2. The maximum absolute atomic E-state index is 14.8. The van der Waals surface area contributed by atoms with Crippen LogP contribution in [0.3, 0.4) is 0 Å². The Bertz CT molecular complexity index is 5110. The number of nitrogens with zero attached hydrogens (tertiary/aromatic N) is 3. The monoisotopic (exact) mass is 1860 g/mol. The normalized spacial score (nSPS) is 16.8. The highest BCUT2D eigenvalue weighted by atomic mass is 32.2. The molecular formula is C84H121N27O20S. The van der Waals surface area contributed by atoms with Gasteiger partial charge in [0, 0.05) is 90.9 Å². The van der Waals surface area contributed by atoms with E-state index >= 15 is 0 Å². The number of aromatic hydroxyl groups is 1. The molecule has 2 aromatic carbocycles. The molecule has 1 aliphatic carbocycles. The van der Waals surface area contributed by atoms with Crippen LogP contribution in [0.2, 0.25) is 0 Å². The number of H-pyrrole nitrogens is 1. The van der Waals surface area contributed by atoms with Crippen molar-refractivity contribution in [3.8, 4) is 28.2 Å². The molecule has 132 heavy (non-hydrogen) atoms. The Morgan fingerprint density at radius 2 is 1.16 bits per heavy atom. The zero-order valence-electron chi connectivity index (χ0n) is 74.0. The molecule has 48 heteroatoms. The van der Waals surface area contributed by atoms with E-state index in [-0.39, 0.29) is 214 Å². The van der Waals surface area contributed by atoms with Crippen LogP contribution >= 0.6 is 11.8 Å². The van der Waals surface area contributed by atoms with Gasteiger partial charge in [-0.25, -0.2) is 14.4 Å². The number of aliphatic carboxylic acids is 1. The van der Waals surface area contributed by atoms with Gasteiger partial charge in [-0.2, -0.15) is 21.7 Å². The Hall–Kier alpha value is -14.1. The average Bonchev–Trinajstić information content (AvgIpc) is 1.06. The van der Waals surface area contributed by atoms with E-state index in [0.717, 1.165) is 12.2 Å². The number of aromatic amines is 1. The number of unbranched alkanes of at least 4 members (excludes halogenated alkanes) is 2. The molecular weight excluding hydrogens is 1740 g/mol. The Kier molecular flexibility index (Phi) is 39.2. The number of rotatable bonds is 53. The van der Waals surface area contributed by atoms with Crippen molar-refractivity contribution in [2.45, 2.75) is 228 Å². The summed E-state index contributed by atoms with van der Waals surface area (Å²) in [6.07, 6.45) is 1.78. The number of anilines is 3. The molecule has 5 heterocycles. The number of carboxylic acid groups (broad SMARTS) is 2. The SMILES string of the molecule is CC(C)C[C@H](NC(=O)CNC(=O)[C@H](CC(C)C)NC(=O)[C@H]1CCCN1C(=O)[C@H](CCCNC(=N)N)NC(=O)CCCCC1SCC2NC(=O)NC21)C(=O)N[C@H](CCCCNc1nc(Nc2ccc(-c3c4ccc(=O)cc-4oc4cc(O)ccc34)c(C(=O)O)c2)[nH]c(=O)n1)C(=O)N[C@@H](C)C(=O)N[C@H](CCCNC(=N)N)C(=O)N[C@@H](CCC(=O)O)C(=O)N[C@H](CCCNC(=N)N)C(N)=O. The Labute approximate surface area is 762 Å². The third kappa shape index (κ3) is 32.2. The number of hydrogen-bond acceptors (Lipinski definition) is 26. The molecule has 1 aromatic heterocycles. The lowest BCUT2D eigenvalue weighted by atomic mass is 9.90. The largest absolute Gasteiger partial charge is 0.508 e. The first kappa shape index (κ1) is 103. The van der Waals surface area contributed by atoms with Crippen molar-refractivity contribution in [2.75, 3.05) is 55.7 Å². The van der Waals surface area contributed by atoms with Gasteiger partial charge >= 0.3 is 23.7 Å². The van der Waals surface area contributed by atoms with E-state index in [1.807, 2.05) is 0 Å². The number of fused-ring (bicyclic) bond motifs is 3. The van der Waals surface area contributed by atoms with E-state index in [4.69, 9.17) is 43.6 Å². The third-order valence-corrected chi connectivity index (χ3v) is 23.4. The summed E-state index contributed by atoms with van der Waals surface area (Å²) in [7, 11) is 0. The first-order chi connectivity index (χ1) is 62.7. The molecule has 4 aliphatic heterocycles. The molecule has 13 amide bonds. The standard InChI is InChI=1S/C84H121N27O20S/c1-41(2)34-56(105-75(125)59-18-13-33-111(59)76(126)55(17-12-32-94-80(90)91)99-63(114)20-7-6-19-62-67-58(40-132-62)106-83(129)107-67)70(120)96-39-64(115)100-57(35-42(3)4)74(124)103-52(71(121)97-43(5)69(119)102-53(16-11-31-93-79(88)89)72(122)104-54(27-28-65(116)117)73(123)101-51(68(85)118)15-10-30-92-78(86)87)14-8-9-29-95-81-108-82(110-84(130)109-81)98-44-21-24-47(50(36-44)77(127)128)66-48-25-22-45(112)37-60(48)131-61-38-46(113)23-26-49(61)66/h21-26,36-38,41-43,51-59,62,67,112H,6-20,27-35,39-40H2,1-5H3,(H2,85,118)(H,96,120)(H,97,121)(H,99,114)(H,100,115)(H,101,123)(H,102,119)(H,103,124)(H,104,122)(H,105,125)(H,116,117)(H,127,128)(H4,86,87,92)(H4,88,89,93)(H4,90,91,94)(H2,106,107,129)(H3,95,98,108,109,110,130)/t43-,51+,52+,53+,54-,55-,56-,57-,58?,59+,62?,67?/m0/s1. The number of phenols is 1. The van der Waals surface area contributed by atoms with Crippen LogP contribution in [-0.2, 0) is 57.5 Å². The number of carbonyl (C=O) groups excluding carboxylic acids is 12. The summed E-state index contributed by atoms with van der Waals surface area (Å²) >= 11 is 1.76. The first-order valence-electron chi connectivity index (χ1n) is 43.7.